The maximum atomic E-state index is 12.5. The van der Waals surface area contributed by atoms with E-state index in [0.29, 0.717) is 0 Å². The maximum absolute atomic E-state index is 12.5. The first-order valence-corrected chi connectivity index (χ1v) is 8.35. The molecule has 1 aromatic carbocycles. The van der Waals surface area contributed by atoms with Gasteiger partial charge in [0.05, 0.1) is 4.88 Å². The van der Waals surface area contributed by atoms with Crippen LogP contribution < -0.4 is 0 Å². The van der Waals surface area contributed by atoms with E-state index < -0.39 is 0 Å². The van der Waals surface area contributed by atoms with Crippen molar-refractivity contribution in [3.8, 4) is 0 Å². The number of carbonyl (C=O) groups excluding carboxylic acids is 1. The van der Waals surface area contributed by atoms with Gasteiger partial charge in [-0.2, -0.15) is 0 Å². The van der Waals surface area contributed by atoms with Crippen LogP contribution in [0.4, 0.5) is 0 Å². The Labute approximate surface area is 124 Å². The van der Waals surface area contributed by atoms with Crippen LogP contribution in [0.3, 0.4) is 0 Å². The molecule has 104 valence electrons. The van der Waals surface area contributed by atoms with Crippen LogP contribution in [0, 0.1) is 0 Å². The molecule has 0 N–H and O–H groups in total. The molecule has 0 aliphatic heterocycles. The number of unbranched alkanes of at least 4 members (excludes halogenated alkanes) is 1. The quantitative estimate of drug-likeness (QED) is 0.720. The van der Waals surface area contributed by atoms with Crippen molar-refractivity contribution in [1.82, 2.24) is 0 Å². The fourth-order valence-corrected chi connectivity index (χ4v) is 4.00. The Morgan fingerprint density at radius 1 is 1.20 bits per heavy atom. The highest BCUT2D eigenvalue weighted by Gasteiger charge is 2.19. The first-order valence-electron chi connectivity index (χ1n) is 7.53. The van der Waals surface area contributed by atoms with Crippen LogP contribution in [0.2, 0.25) is 0 Å². The molecule has 0 radical (unpaired) electrons. The van der Waals surface area contributed by atoms with E-state index in [1.807, 2.05) is 12.1 Å². The highest BCUT2D eigenvalue weighted by atomic mass is 32.1. The molecule has 0 fully saturated rings. The van der Waals surface area contributed by atoms with Crippen molar-refractivity contribution in [2.75, 3.05) is 0 Å². The summed E-state index contributed by atoms with van der Waals surface area (Å²) in [5.41, 5.74) is 3.56. The summed E-state index contributed by atoms with van der Waals surface area (Å²) in [6.45, 7) is 2.20. The van der Waals surface area contributed by atoms with Crippen LogP contribution >= 0.6 is 11.3 Å². The zero-order valence-corrected chi connectivity index (χ0v) is 12.8. The maximum Gasteiger partial charge on any atom is 0.202 e. The summed E-state index contributed by atoms with van der Waals surface area (Å²) in [6, 6.07) is 10.3. The van der Waals surface area contributed by atoms with Gasteiger partial charge in [0, 0.05) is 10.4 Å². The third kappa shape index (κ3) is 2.71. The molecule has 0 saturated carbocycles. The molecular formula is C18H20OS. The molecule has 3 rings (SSSR count). The number of hydrogen-bond acceptors (Lipinski definition) is 2. The first kappa shape index (κ1) is 13.6. The van der Waals surface area contributed by atoms with E-state index in [4.69, 9.17) is 0 Å². The Balaban J connectivity index is 1.76. The lowest BCUT2D eigenvalue weighted by molar-refractivity contribution is 0.104. The Kier molecular flexibility index (Phi) is 4.02. The molecule has 2 aromatic rings. The van der Waals surface area contributed by atoms with E-state index >= 15 is 0 Å². The summed E-state index contributed by atoms with van der Waals surface area (Å²) in [6.07, 6.45) is 7.09. The summed E-state index contributed by atoms with van der Waals surface area (Å²) in [7, 11) is 0. The standard InChI is InChI=1S/C18H20OS/c1-2-3-5-13-8-10-14(11-9-13)18(19)17-12-15-6-4-7-16(15)20-17/h8-12H,2-7H2,1H3. The van der Waals surface area contributed by atoms with Crippen LogP contribution in [0.5, 0.6) is 0 Å². The monoisotopic (exact) mass is 284 g/mol. The number of rotatable bonds is 5. The second-order valence-electron chi connectivity index (χ2n) is 5.54. The minimum absolute atomic E-state index is 0.187. The van der Waals surface area contributed by atoms with E-state index in [1.165, 1.54) is 35.3 Å². The summed E-state index contributed by atoms with van der Waals surface area (Å²) in [5, 5.41) is 0. The fraction of sp³-hybridized carbons (Fsp3) is 0.389. The number of benzene rings is 1. The van der Waals surface area contributed by atoms with Gasteiger partial charge in [-0.1, -0.05) is 37.6 Å². The van der Waals surface area contributed by atoms with Crippen molar-refractivity contribution < 1.29 is 4.79 Å². The van der Waals surface area contributed by atoms with Crippen LogP contribution in [0.25, 0.3) is 0 Å². The Morgan fingerprint density at radius 2 is 2.00 bits per heavy atom. The second-order valence-corrected chi connectivity index (χ2v) is 6.68. The van der Waals surface area contributed by atoms with Gasteiger partial charge in [-0.05, 0) is 49.3 Å². The van der Waals surface area contributed by atoms with Crippen LogP contribution in [0.1, 0.15) is 57.4 Å². The van der Waals surface area contributed by atoms with Crippen LogP contribution in [-0.4, -0.2) is 5.78 Å². The van der Waals surface area contributed by atoms with Gasteiger partial charge in [0.25, 0.3) is 0 Å². The van der Waals surface area contributed by atoms with Gasteiger partial charge in [0.15, 0.2) is 0 Å². The van der Waals surface area contributed by atoms with E-state index in [-0.39, 0.29) is 5.78 Å². The average molecular weight is 284 g/mol. The molecule has 0 unspecified atom stereocenters. The smallest absolute Gasteiger partial charge is 0.202 e. The second kappa shape index (κ2) is 5.92. The molecule has 20 heavy (non-hydrogen) atoms. The van der Waals surface area contributed by atoms with E-state index in [2.05, 4.69) is 25.1 Å². The average Bonchev–Trinajstić information content (AvgIpc) is 3.06. The lowest BCUT2D eigenvalue weighted by Crippen LogP contribution is -1.99. The predicted octanol–water partition coefficient (Wildman–Crippen LogP) is 4.81. The Hall–Kier alpha value is -1.41. The third-order valence-electron chi connectivity index (χ3n) is 4.01. The predicted molar refractivity (Wildman–Crippen MR) is 84.8 cm³/mol. The van der Waals surface area contributed by atoms with Crippen molar-refractivity contribution in [3.63, 3.8) is 0 Å². The summed E-state index contributed by atoms with van der Waals surface area (Å²) in [5.74, 6) is 0.187. The highest BCUT2D eigenvalue weighted by Crippen LogP contribution is 2.31. The van der Waals surface area contributed by atoms with Crippen LogP contribution in [-0.2, 0) is 19.3 Å². The minimum atomic E-state index is 0.187. The summed E-state index contributed by atoms with van der Waals surface area (Å²) < 4.78 is 0. The first-order chi connectivity index (χ1) is 9.78. The van der Waals surface area contributed by atoms with Gasteiger partial charge < -0.3 is 0 Å². The molecule has 1 nitrogen and oxygen atoms in total. The van der Waals surface area contributed by atoms with Crippen LogP contribution in [0.15, 0.2) is 30.3 Å². The normalized spacial score (nSPS) is 13.4. The SMILES string of the molecule is CCCCc1ccc(C(=O)c2cc3c(s2)CCC3)cc1. The van der Waals surface area contributed by atoms with Crippen molar-refractivity contribution in [2.45, 2.75) is 45.4 Å². The van der Waals surface area contributed by atoms with E-state index in [1.54, 1.807) is 11.3 Å². The zero-order valence-electron chi connectivity index (χ0n) is 11.9. The van der Waals surface area contributed by atoms with E-state index in [9.17, 15) is 4.79 Å². The van der Waals surface area contributed by atoms with Gasteiger partial charge >= 0.3 is 0 Å². The molecule has 1 aliphatic rings. The molecule has 1 heterocycles. The third-order valence-corrected chi connectivity index (χ3v) is 5.24. The lowest BCUT2D eigenvalue weighted by atomic mass is 10.0. The van der Waals surface area contributed by atoms with Gasteiger partial charge in [-0.15, -0.1) is 11.3 Å². The number of hydrogen-bond donors (Lipinski definition) is 0. The van der Waals surface area contributed by atoms with Crippen molar-refractivity contribution in [3.05, 3.63) is 56.8 Å². The largest absolute Gasteiger partial charge is 0.288 e. The summed E-state index contributed by atoms with van der Waals surface area (Å²) in [4.78, 5) is 14.8. The molecule has 0 amide bonds. The summed E-state index contributed by atoms with van der Waals surface area (Å²) >= 11 is 1.69. The minimum Gasteiger partial charge on any atom is -0.288 e. The lowest BCUT2D eigenvalue weighted by Gasteiger charge is -2.02. The Morgan fingerprint density at radius 3 is 2.70 bits per heavy atom. The topological polar surface area (TPSA) is 17.1 Å². The number of carbonyl (C=O) groups is 1. The molecule has 0 saturated heterocycles. The number of fused-ring (bicyclic) bond motifs is 1. The molecule has 1 aliphatic carbocycles. The van der Waals surface area contributed by atoms with Crippen molar-refractivity contribution >= 4 is 17.1 Å². The van der Waals surface area contributed by atoms with Gasteiger partial charge in [-0.25, -0.2) is 0 Å². The van der Waals surface area contributed by atoms with E-state index in [0.717, 1.165) is 29.7 Å². The molecule has 0 spiro atoms. The fourth-order valence-electron chi connectivity index (χ4n) is 2.79. The van der Waals surface area contributed by atoms with Gasteiger partial charge in [0.2, 0.25) is 5.78 Å². The molecule has 0 atom stereocenters. The zero-order chi connectivity index (χ0) is 13.9. The molecule has 1 aromatic heterocycles. The number of thiophene rings is 1. The molecular weight excluding hydrogens is 264 g/mol. The van der Waals surface area contributed by atoms with Gasteiger partial charge in [-0.3, -0.25) is 4.79 Å². The number of ketones is 1. The molecule has 0 bridgehead atoms. The van der Waals surface area contributed by atoms with Crippen molar-refractivity contribution in [2.24, 2.45) is 0 Å². The highest BCUT2D eigenvalue weighted by molar-refractivity contribution is 7.14. The van der Waals surface area contributed by atoms with Crippen molar-refractivity contribution in [1.29, 1.82) is 0 Å². The number of aryl methyl sites for hydroxylation is 3. The molecule has 2 heteroatoms. The van der Waals surface area contributed by atoms with Gasteiger partial charge in [0.1, 0.15) is 0 Å². The Bertz CT molecular complexity index is 585.